The molecule has 11 unspecified atom stereocenters. The van der Waals surface area contributed by atoms with Gasteiger partial charge in [-0.15, -0.1) is 0 Å². The van der Waals surface area contributed by atoms with Gasteiger partial charge in [-0.2, -0.15) is 0 Å². The van der Waals surface area contributed by atoms with E-state index in [0.29, 0.717) is 0 Å². The van der Waals surface area contributed by atoms with Crippen molar-refractivity contribution in [2.75, 3.05) is 0 Å². The van der Waals surface area contributed by atoms with Crippen LogP contribution in [0.15, 0.2) is 36.5 Å². The first-order valence-corrected chi connectivity index (χ1v) is 27.5. The zero-order valence-electron chi connectivity index (χ0n) is 26.5. The van der Waals surface area contributed by atoms with E-state index in [9.17, 15) is 0 Å². The van der Waals surface area contributed by atoms with Crippen molar-refractivity contribution in [3.05, 3.63) is 36.5 Å². The largest absolute Gasteiger partial charge is 0.416 e. The molecule has 1 aliphatic heterocycles. The molecule has 0 spiro atoms. The van der Waals surface area contributed by atoms with Crippen molar-refractivity contribution in [1.29, 1.82) is 0 Å². The molecule has 41 heavy (non-hydrogen) atoms. The summed E-state index contributed by atoms with van der Waals surface area (Å²) in [5.74, 6) is 7.29. The molecule has 8 heteroatoms. The van der Waals surface area contributed by atoms with E-state index in [1.807, 2.05) is 0 Å². The molecule has 0 amide bonds. The fourth-order valence-corrected chi connectivity index (χ4v) is 33.5. The van der Waals surface area contributed by atoms with Crippen LogP contribution in [0.2, 0.25) is 50.4 Å². The second kappa shape index (κ2) is 11.1. The van der Waals surface area contributed by atoms with Crippen LogP contribution in [0.4, 0.5) is 0 Å². The highest BCUT2D eigenvalue weighted by Crippen LogP contribution is 2.50. The Morgan fingerprint density at radius 1 is 0.463 bits per heavy atom. The van der Waals surface area contributed by atoms with Crippen molar-refractivity contribution >= 4 is 34.2 Å². The lowest BCUT2D eigenvalue weighted by Crippen LogP contribution is -2.67. The minimum absolute atomic E-state index is 0.790. The predicted molar refractivity (Wildman–Crippen MR) is 176 cm³/mol. The van der Waals surface area contributed by atoms with E-state index in [-0.39, 0.29) is 0 Å². The number of allylic oxidation sites excluding steroid dienone is 6. The molecule has 4 fully saturated rings. The third kappa shape index (κ3) is 6.24. The molecule has 7 aliphatic rings. The van der Waals surface area contributed by atoms with Gasteiger partial charge in [-0.25, -0.2) is 0 Å². The maximum atomic E-state index is 7.54. The van der Waals surface area contributed by atoms with Crippen LogP contribution in [0.5, 0.6) is 0 Å². The second-order valence-corrected chi connectivity index (χ2v) is 30.6. The first kappa shape index (κ1) is 29.6. The van der Waals surface area contributed by atoms with Gasteiger partial charge in [-0.1, -0.05) is 43.4 Å². The second-order valence-electron chi connectivity index (χ2n) is 16.0. The van der Waals surface area contributed by atoms with E-state index < -0.39 is 34.2 Å². The minimum atomic E-state index is -2.50. The van der Waals surface area contributed by atoms with E-state index in [1.54, 1.807) is 0 Å². The van der Waals surface area contributed by atoms with Gasteiger partial charge in [-0.3, -0.25) is 0 Å². The van der Waals surface area contributed by atoms with Gasteiger partial charge in [0.15, 0.2) is 0 Å². The van der Waals surface area contributed by atoms with Gasteiger partial charge in [0.25, 0.3) is 0 Å². The average Bonchev–Trinajstić information content (AvgIpc) is 3.76. The van der Waals surface area contributed by atoms with Crippen molar-refractivity contribution in [1.82, 2.24) is 0 Å². The van der Waals surface area contributed by atoms with Crippen LogP contribution < -0.4 is 0 Å². The number of rotatable bonds is 10. The van der Waals surface area contributed by atoms with Crippen LogP contribution >= 0.6 is 0 Å². The van der Waals surface area contributed by atoms with Gasteiger partial charge in [0, 0.05) is 0 Å². The third-order valence-corrected chi connectivity index (χ3v) is 31.2. The Balaban J connectivity index is 1.10. The highest BCUT2D eigenvalue weighted by atomic mass is 28.5. The Morgan fingerprint density at radius 3 is 1.02 bits per heavy atom. The van der Waals surface area contributed by atoms with E-state index in [1.165, 1.54) is 57.8 Å². The normalized spacial score (nSPS) is 53.0. The molecular formula is C33H56O4Si4. The smallest absolute Gasteiger partial charge is 0.317 e. The van der Waals surface area contributed by atoms with Gasteiger partial charge in [-0.05, 0) is 161 Å². The molecule has 1 saturated heterocycles. The summed E-state index contributed by atoms with van der Waals surface area (Å²) in [6, 6.07) is 4.28. The van der Waals surface area contributed by atoms with E-state index >= 15 is 0 Å². The lowest BCUT2D eigenvalue weighted by Gasteiger charge is -2.51. The highest BCUT2D eigenvalue weighted by Gasteiger charge is 2.57. The molecule has 0 aromatic carbocycles. The topological polar surface area (TPSA) is 36.9 Å². The quantitative estimate of drug-likeness (QED) is 0.179. The highest BCUT2D eigenvalue weighted by molar-refractivity contribution is 6.93. The fraction of sp³-hybridized carbons (Fsp3) is 0.818. The fourth-order valence-electron chi connectivity index (χ4n) is 10.4. The maximum absolute atomic E-state index is 7.54. The Morgan fingerprint density at radius 2 is 0.780 bits per heavy atom. The van der Waals surface area contributed by atoms with E-state index in [4.69, 9.17) is 16.5 Å². The van der Waals surface area contributed by atoms with Crippen LogP contribution in [0.3, 0.4) is 0 Å². The van der Waals surface area contributed by atoms with Crippen LogP contribution in [0.1, 0.15) is 64.7 Å². The molecule has 3 saturated carbocycles. The summed E-state index contributed by atoms with van der Waals surface area (Å²) in [4.78, 5) is 0. The lowest BCUT2D eigenvalue weighted by molar-refractivity contribution is 0.215. The van der Waals surface area contributed by atoms with E-state index in [2.05, 4.69) is 69.6 Å². The number of hydrogen-bond acceptors (Lipinski definition) is 4. The zero-order chi connectivity index (χ0) is 28.5. The zero-order valence-corrected chi connectivity index (χ0v) is 30.5. The Labute approximate surface area is 254 Å². The molecule has 0 aromatic rings. The summed E-state index contributed by atoms with van der Waals surface area (Å²) < 4.78 is 29.8. The van der Waals surface area contributed by atoms with Crippen molar-refractivity contribution in [2.45, 2.75) is 115 Å². The van der Waals surface area contributed by atoms with Crippen LogP contribution in [-0.4, -0.2) is 34.2 Å². The van der Waals surface area contributed by atoms with Gasteiger partial charge < -0.3 is 16.5 Å². The molecular weight excluding hydrogens is 573 g/mol. The van der Waals surface area contributed by atoms with Gasteiger partial charge in [0.1, 0.15) is 0 Å². The molecule has 228 valence electrons. The first-order valence-electron chi connectivity index (χ1n) is 17.4. The first-order chi connectivity index (χ1) is 19.5. The Bertz CT molecular complexity index is 1020. The minimum Gasteiger partial charge on any atom is -0.416 e. The maximum Gasteiger partial charge on any atom is 0.317 e. The van der Waals surface area contributed by atoms with E-state index in [0.717, 1.165) is 77.4 Å². The van der Waals surface area contributed by atoms with Crippen molar-refractivity contribution in [3.8, 4) is 0 Å². The average molecular weight is 629 g/mol. The summed E-state index contributed by atoms with van der Waals surface area (Å²) in [6.07, 6.45) is 26.9. The summed E-state index contributed by atoms with van der Waals surface area (Å²) in [5, 5.41) is 0. The standard InChI is InChI=1S/C33H56O4Si4/c1-6-38(2)34-39(3,16-13-31-22-25-7-10-28(31)19-25)36-41(5,18-15-33-24-27-9-12-30(33)21-27)37-40(4,35-38)17-14-32-23-26-8-11-29(32)20-26/h7-12,25-33H,6,13-24H2,1-5H3. The van der Waals surface area contributed by atoms with Gasteiger partial charge in [0.05, 0.1) is 0 Å². The summed E-state index contributed by atoms with van der Waals surface area (Å²) in [7, 11) is -9.86. The molecule has 11 atom stereocenters. The monoisotopic (exact) mass is 628 g/mol. The molecule has 6 aliphatic carbocycles. The molecule has 0 radical (unpaired) electrons. The van der Waals surface area contributed by atoms with Crippen molar-refractivity contribution in [3.63, 3.8) is 0 Å². The Hall–Kier alpha value is -0.0725. The van der Waals surface area contributed by atoms with Crippen LogP contribution in [0, 0.1) is 53.3 Å². The van der Waals surface area contributed by atoms with Crippen molar-refractivity contribution < 1.29 is 16.5 Å². The van der Waals surface area contributed by atoms with Gasteiger partial charge in [0.2, 0.25) is 0 Å². The van der Waals surface area contributed by atoms with Gasteiger partial charge >= 0.3 is 34.2 Å². The predicted octanol–water partition coefficient (Wildman–Crippen LogP) is 9.18. The molecule has 7 rings (SSSR count). The third-order valence-electron chi connectivity index (χ3n) is 12.5. The summed E-state index contributed by atoms with van der Waals surface area (Å²) in [5.41, 5.74) is 0. The molecule has 6 bridgehead atoms. The molecule has 0 aromatic heterocycles. The Kier molecular flexibility index (Phi) is 8.00. The molecule has 4 nitrogen and oxygen atoms in total. The molecule has 1 heterocycles. The number of fused-ring (bicyclic) bond motifs is 6. The summed E-state index contributed by atoms with van der Waals surface area (Å²) in [6.45, 7) is 11.8. The summed E-state index contributed by atoms with van der Waals surface area (Å²) >= 11 is 0. The van der Waals surface area contributed by atoms with Crippen LogP contribution in [0.25, 0.3) is 0 Å². The SMILES string of the molecule is CC[Si]1(C)O[Si](C)(CCC2CC3C=CC2C3)O[Si](C)(CCC2CC3C=CC2C3)O[Si](C)(CCC2CC3C=CC2C3)O1. The van der Waals surface area contributed by atoms with Crippen molar-refractivity contribution in [2.24, 2.45) is 53.3 Å². The molecule has 0 N–H and O–H groups in total. The van der Waals surface area contributed by atoms with Crippen LogP contribution in [-0.2, 0) is 16.5 Å². The lowest BCUT2D eigenvalue weighted by atomic mass is 9.91. The number of hydrogen-bond donors (Lipinski definition) is 0.